The molecule has 1 aromatic rings. The fourth-order valence-corrected chi connectivity index (χ4v) is 2.30. The van der Waals surface area contributed by atoms with Gasteiger partial charge in [-0.15, -0.1) is 21.5 Å². The van der Waals surface area contributed by atoms with Gasteiger partial charge >= 0.3 is 0 Å². The molecule has 0 aliphatic carbocycles. The van der Waals surface area contributed by atoms with Crippen LogP contribution in [-0.4, -0.2) is 34.7 Å². The Morgan fingerprint density at radius 3 is 3.21 bits per heavy atom. The van der Waals surface area contributed by atoms with Crippen LogP contribution in [0.4, 0.5) is 0 Å². The number of hydrogen-bond acceptors (Lipinski definition) is 5. The highest BCUT2D eigenvalue weighted by Gasteiger charge is 1.96. The molecule has 2 N–H and O–H groups in total. The van der Waals surface area contributed by atoms with Crippen LogP contribution in [0.25, 0.3) is 0 Å². The van der Waals surface area contributed by atoms with Gasteiger partial charge in [-0.3, -0.25) is 0 Å². The molecule has 78 valence electrons. The average molecular weight is 248 g/mol. The first-order valence-electron chi connectivity index (χ1n) is 4.11. The Hall–Kier alpha value is -0.400. The smallest absolute Gasteiger partial charge is 0.166 e. The molecular formula is C7H12N4S3. The van der Waals surface area contributed by atoms with Crippen molar-refractivity contribution < 1.29 is 0 Å². The predicted molar refractivity (Wildman–Crippen MR) is 65.7 cm³/mol. The molecule has 0 spiro atoms. The molecule has 0 aromatic carbocycles. The monoisotopic (exact) mass is 248 g/mol. The Morgan fingerprint density at radius 1 is 1.71 bits per heavy atom. The van der Waals surface area contributed by atoms with Gasteiger partial charge in [0.25, 0.3) is 0 Å². The molecule has 0 aliphatic heterocycles. The molecule has 1 rings (SSSR count). The third kappa shape index (κ3) is 4.73. The third-order valence-corrected chi connectivity index (χ3v) is 3.59. The van der Waals surface area contributed by atoms with E-state index >= 15 is 0 Å². The summed E-state index contributed by atoms with van der Waals surface area (Å²) in [6.07, 6.45) is 0. The van der Waals surface area contributed by atoms with Crippen molar-refractivity contribution in [2.45, 2.75) is 5.75 Å². The fraction of sp³-hybridized carbons (Fsp3) is 0.571. The van der Waals surface area contributed by atoms with E-state index in [1.165, 1.54) is 0 Å². The summed E-state index contributed by atoms with van der Waals surface area (Å²) in [5, 5.41) is 15.4. The van der Waals surface area contributed by atoms with E-state index in [0.717, 1.165) is 23.1 Å². The van der Waals surface area contributed by atoms with E-state index < -0.39 is 0 Å². The van der Waals surface area contributed by atoms with Crippen LogP contribution in [-0.2, 0) is 5.75 Å². The zero-order valence-corrected chi connectivity index (χ0v) is 10.3. The van der Waals surface area contributed by atoms with E-state index in [2.05, 4.69) is 20.8 Å². The van der Waals surface area contributed by atoms with E-state index in [1.54, 1.807) is 16.8 Å². The third-order valence-electron chi connectivity index (χ3n) is 1.39. The van der Waals surface area contributed by atoms with Crippen molar-refractivity contribution in [2.24, 2.45) is 0 Å². The van der Waals surface area contributed by atoms with Crippen molar-refractivity contribution >= 4 is 40.4 Å². The van der Waals surface area contributed by atoms with Crippen LogP contribution in [0.5, 0.6) is 0 Å². The van der Waals surface area contributed by atoms with Crippen molar-refractivity contribution in [3.63, 3.8) is 0 Å². The maximum Gasteiger partial charge on any atom is 0.166 e. The molecule has 14 heavy (non-hydrogen) atoms. The molecule has 0 unspecified atom stereocenters. The first kappa shape index (κ1) is 11.7. The molecule has 0 saturated carbocycles. The number of rotatable bonds is 5. The van der Waals surface area contributed by atoms with Crippen molar-refractivity contribution in [1.82, 2.24) is 20.8 Å². The number of thiocarbonyl (C=S) groups is 1. The summed E-state index contributed by atoms with van der Waals surface area (Å²) < 4.78 is 0. The van der Waals surface area contributed by atoms with E-state index in [4.69, 9.17) is 12.2 Å². The summed E-state index contributed by atoms with van der Waals surface area (Å²) in [4.78, 5) is 0. The molecule has 0 saturated heterocycles. The van der Waals surface area contributed by atoms with Gasteiger partial charge in [-0.1, -0.05) is 0 Å². The van der Waals surface area contributed by atoms with Crippen molar-refractivity contribution in [3.8, 4) is 0 Å². The van der Waals surface area contributed by atoms with E-state index in [0.29, 0.717) is 5.11 Å². The summed E-state index contributed by atoms with van der Waals surface area (Å²) in [5.41, 5.74) is 1.75. The SMILES string of the molecule is CNC(=S)NCCSCc1nncs1. The second-order valence-electron chi connectivity index (χ2n) is 2.39. The lowest BCUT2D eigenvalue weighted by Gasteiger charge is -2.05. The van der Waals surface area contributed by atoms with Gasteiger partial charge in [-0.05, 0) is 12.2 Å². The molecule has 1 aromatic heterocycles. The zero-order valence-electron chi connectivity index (χ0n) is 7.82. The second kappa shape index (κ2) is 6.97. The van der Waals surface area contributed by atoms with Crippen LogP contribution in [0, 0.1) is 0 Å². The Morgan fingerprint density at radius 2 is 2.57 bits per heavy atom. The number of aromatic nitrogens is 2. The Balaban J connectivity index is 1.97. The normalized spacial score (nSPS) is 9.79. The maximum atomic E-state index is 4.93. The molecule has 4 nitrogen and oxygen atoms in total. The zero-order chi connectivity index (χ0) is 10.2. The van der Waals surface area contributed by atoms with Gasteiger partial charge in [0.05, 0.1) is 0 Å². The molecule has 0 amide bonds. The number of nitrogens with zero attached hydrogens (tertiary/aromatic N) is 2. The highest BCUT2D eigenvalue weighted by atomic mass is 32.2. The van der Waals surface area contributed by atoms with Crippen LogP contribution in [0.15, 0.2) is 5.51 Å². The van der Waals surface area contributed by atoms with Gasteiger partial charge in [0, 0.05) is 25.1 Å². The second-order valence-corrected chi connectivity index (χ2v) is 4.82. The Labute approximate surface area is 96.9 Å². The average Bonchev–Trinajstić information content (AvgIpc) is 2.69. The van der Waals surface area contributed by atoms with Gasteiger partial charge in [0.15, 0.2) is 5.11 Å². The summed E-state index contributed by atoms with van der Waals surface area (Å²) >= 11 is 8.34. The molecule has 7 heteroatoms. The van der Waals surface area contributed by atoms with E-state index in [9.17, 15) is 0 Å². The lowest BCUT2D eigenvalue weighted by molar-refractivity contribution is 0.942. The molecule has 0 fully saturated rings. The topological polar surface area (TPSA) is 49.8 Å². The fourth-order valence-electron chi connectivity index (χ4n) is 0.743. The molecule has 0 aliphatic rings. The van der Waals surface area contributed by atoms with Gasteiger partial charge in [-0.25, -0.2) is 0 Å². The number of thioether (sulfide) groups is 1. The lowest BCUT2D eigenvalue weighted by atomic mass is 10.7. The summed E-state index contributed by atoms with van der Waals surface area (Å²) in [5.74, 6) is 1.94. The number of nitrogens with one attached hydrogen (secondary N) is 2. The van der Waals surface area contributed by atoms with Gasteiger partial charge in [0.2, 0.25) is 0 Å². The quantitative estimate of drug-likeness (QED) is 0.595. The Bertz CT molecular complexity index is 262. The van der Waals surface area contributed by atoms with Crippen LogP contribution in [0.3, 0.4) is 0 Å². The number of hydrogen-bond donors (Lipinski definition) is 2. The van der Waals surface area contributed by atoms with E-state index in [1.807, 2.05) is 18.8 Å². The minimum absolute atomic E-state index is 0.696. The lowest BCUT2D eigenvalue weighted by Crippen LogP contribution is -2.33. The first-order valence-corrected chi connectivity index (χ1v) is 6.55. The first-order chi connectivity index (χ1) is 6.83. The van der Waals surface area contributed by atoms with Crippen LogP contribution in [0.2, 0.25) is 0 Å². The molecule has 0 atom stereocenters. The standard InChI is InChI=1S/C7H12N4S3/c1-8-7(12)9-2-3-13-4-6-11-10-5-14-6/h5H,2-4H2,1H3,(H2,8,9,12). The summed E-state index contributed by atoms with van der Waals surface area (Å²) in [6.45, 7) is 0.878. The molecule has 0 bridgehead atoms. The van der Waals surface area contributed by atoms with Crippen molar-refractivity contribution in [1.29, 1.82) is 0 Å². The van der Waals surface area contributed by atoms with E-state index in [-0.39, 0.29) is 0 Å². The van der Waals surface area contributed by atoms with Crippen LogP contribution < -0.4 is 10.6 Å². The van der Waals surface area contributed by atoms with Crippen molar-refractivity contribution in [3.05, 3.63) is 10.5 Å². The Kier molecular flexibility index (Phi) is 5.81. The van der Waals surface area contributed by atoms with Gasteiger partial charge < -0.3 is 10.6 Å². The van der Waals surface area contributed by atoms with Gasteiger partial charge in [0.1, 0.15) is 10.5 Å². The summed E-state index contributed by atoms with van der Waals surface area (Å²) in [6, 6.07) is 0. The molecule has 0 radical (unpaired) electrons. The minimum atomic E-state index is 0.696. The molecule has 1 heterocycles. The van der Waals surface area contributed by atoms with Gasteiger partial charge in [-0.2, -0.15) is 11.8 Å². The highest BCUT2D eigenvalue weighted by molar-refractivity contribution is 7.98. The predicted octanol–water partition coefficient (Wildman–Crippen LogP) is 0.865. The largest absolute Gasteiger partial charge is 0.366 e. The maximum absolute atomic E-state index is 4.93. The summed E-state index contributed by atoms with van der Waals surface area (Å²) in [7, 11) is 1.81. The van der Waals surface area contributed by atoms with Crippen LogP contribution in [0.1, 0.15) is 5.01 Å². The highest BCUT2D eigenvalue weighted by Crippen LogP contribution is 2.11. The minimum Gasteiger partial charge on any atom is -0.366 e. The molecular weight excluding hydrogens is 236 g/mol. The van der Waals surface area contributed by atoms with Crippen molar-refractivity contribution in [2.75, 3.05) is 19.3 Å². The van der Waals surface area contributed by atoms with Crippen LogP contribution >= 0.6 is 35.3 Å².